The van der Waals surface area contributed by atoms with Crippen LogP contribution in [0.1, 0.15) is 19.8 Å². The molecule has 9 heteroatoms. The van der Waals surface area contributed by atoms with E-state index in [4.69, 9.17) is 4.74 Å². The van der Waals surface area contributed by atoms with Crippen molar-refractivity contribution in [3.8, 4) is 0 Å². The van der Waals surface area contributed by atoms with Crippen LogP contribution in [0.5, 0.6) is 0 Å². The number of aliphatic imine (C=N–C) groups is 1. The number of anilines is 2. The van der Waals surface area contributed by atoms with Crippen LogP contribution in [-0.4, -0.2) is 29.3 Å². The molecule has 2 N–H and O–H groups in total. The predicted octanol–water partition coefficient (Wildman–Crippen LogP) is 5.02. The summed E-state index contributed by atoms with van der Waals surface area (Å²) in [5.74, 6) is -2.43. The molecule has 162 valence electrons. The van der Waals surface area contributed by atoms with Gasteiger partial charge in [-0.25, -0.2) is 13.8 Å². The first-order valence-corrected chi connectivity index (χ1v) is 10.4. The van der Waals surface area contributed by atoms with Crippen LogP contribution in [0.2, 0.25) is 0 Å². The topological polar surface area (TPSA) is 79.8 Å². The maximum Gasteiger partial charge on any atom is 0.311 e. The van der Waals surface area contributed by atoms with Crippen LogP contribution in [0.25, 0.3) is 0 Å². The lowest BCUT2D eigenvalue weighted by molar-refractivity contribution is -0.139. The standard InChI is InChI=1S/C22H21F2N3O3S/c1-3-19(22(29)27-16-9-8-13(23)10-15(16)24)31-20-11-14(12-21(28)30-2)25-17-6-4-5-7-18(17)26-20/h4-11,19,25H,3,12H2,1-2H3,(H,27,29). The SMILES string of the molecule is CCC(SC1=Nc2ccccc2NC(CC(=O)OC)=C1)C(=O)Nc1ccc(F)cc1F. The highest BCUT2D eigenvalue weighted by molar-refractivity contribution is 8.15. The molecule has 1 aliphatic heterocycles. The van der Waals surface area contributed by atoms with Crippen LogP contribution in [0, 0.1) is 11.6 Å². The fourth-order valence-electron chi connectivity index (χ4n) is 2.84. The molecule has 0 aliphatic carbocycles. The molecular weight excluding hydrogens is 424 g/mol. The number of rotatable bonds is 6. The van der Waals surface area contributed by atoms with Crippen LogP contribution < -0.4 is 10.6 Å². The lowest BCUT2D eigenvalue weighted by Gasteiger charge is -2.15. The number of benzene rings is 2. The van der Waals surface area contributed by atoms with Gasteiger partial charge in [0.2, 0.25) is 5.91 Å². The number of ether oxygens (including phenoxy) is 1. The summed E-state index contributed by atoms with van der Waals surface area (Å²) in [6.07, 6.45) is 2.14. The summed E-state index contributed by atoms with van der Waals surface area (Å²) in [5.41, 5.74) is 1.85. The van der Waals surface area contributed by atoms with Gasteiger partial charge in [-0.15, -0.1) is 0 Å². The molecule has 6 nitrogen and oxygen atoms in total. The van der Waals surface area contributed by atoms with Crippen LogP contribution >= 0.6 is 11.8 Å². The lowest BCUT2D eigenvalue weighted by Crippen LogP contribution is -2.26. The average Bonchev–Trinajstić information content (AvgIpc) is 2.92. The molecule has 3 rings (SSSR count). The van der Waals surface area contributed by atoms with Gasteiger partial charge >= 0.3 is 5.97 Å². The van der Waals surface area contributed by atoms with Gasteiger partial charge in [0.25, 0.3) is 0 Å². The molecule has 0 saturated carbocycles. The zero-order valence-electron chi connectivity index (χ0n) is 16.9. The van der Waals surface area contributed by atoms with Crippen LogP contribution in [0.15, 0.2) is 59.2 Å². The highest BCUT2D eigenvalue weighted by Crippen LogP contribution is 2.32. The molecule has 0 saturated heterocycles. The van der Waals surface area contributed by atoms with Gasteiger partial charge in [0.1, 0.15) is 11.6 Å². The Morgan fingerprint density at radius 2 is 2.00 bits per heavy atom. The number of hydrogen-bond donors (Lipinski definition) is 2. The molecule has 2 aromatic carbocycles. The van der Waals surface area contributed by atoms with Crippen molar-refractivity contribution in [3.63, 3.8) is 0 Å². The maximum absolute atomic E-state index is 13.9. The number of fused-ring (bicyclic) bond motifs is 1. The molecule has 0 radical (unpaired) electrons. The highest BCUT2D eigenvalue weighted by atomic mass is 32.2. The smallest absolute Gasteiger partial charge is 0.311 e. The highest BCUT2D eigenvalue weighted by Gasteiger charge is 2.23. The monoisotopic (exact) mass is 445 g/mol. The number of carbonyl (C=O) groups is 2. The third kappa shape index (κ3) is 5.91. The molecule has 1 amide bonds. The molecule has 0 fully saturated rings. The number of hydrogen-bond acceptors (Lipinski definition) is 6. The van der Waals surface area contributed by atoms with Gasteiger partial charge in [-0.3, -0.25) is 9.59 Å². The largest absolute Gasteiger partial charge is 0.469 e. The van der Waals surface area contributed by atoms with E-state index in [2.05, 4.69) is 15.6 Å². The summed E-state index contributed by atoms with van der Waals surface area (Å²) in [6.45, 7) is 1.82. The van der Waals surface area contributed by atoms with Gasteiger partial charge in [-0.2, -0.15) is 0 Å². The average molecular weight is 445 g/mol. The zero-order valence-corrected chi connectivity index (χ0v) is 17.8. The fraction of sp³-hybridized carbons (Fsp3) is 0.227. The summed E-state index contributed by atoms with van der Waals surface area (Å²) in [4.78, 5) is 29.1. The quantitative estimate of drug-likeness (QED) is 0.611. The number of halogens is 2. The van der Waals surface area contributed by atoms with Crippen molar-refractivity contribution in [1.82, 2.24) is 0 Å². The third-order valence-corrected chi connectivity index (χ3v) is 5.69. The number of methoxy groups -OCH3 is 1. The molecule has 0 spiro atoms. The number of nitrogens with zero attached hydrogens (tertiary/aromatic N) is 1. The Morgan fingerprint density at radius 3 is 2.71 bits per heavy atom. The number of thioether (sulfide) groups is 1. The minimum Gasteiger partial charge on any atom is -0.469 e. The van der Waals surface area contributed by atoms with E-state index in [1.807, 2.05) is 31.2 Å². The van der Waals surface area contributed by atoms with Gasteiger partial charge in [0, 0.05) is 11.8 Å². The molecule has 0 aromatic heterocycles. The van der Waals surface area contributed by atoms with Crippen LogP contribution in [0.3, 0.4) is 0 Å². The summed E-state index contributed by atoms with van der Waals surface area (Å²) in [6, 6.07) is 10.3. The van der Waals surface area contributed by atoms with Crippen molar-refractivity contribution < 1.29 is 23.1 Å². The summed E-state index contributed by atoms with van der Waals surface area (Å²) in [7, 11) is 1.31. The second kappa shape index (κ2) is 10.2. The predicted molar refractivity (Wildman–Crippen MR) is 119 cm³/mol. The van der Waals surface area contributed by atoms with E-state index in [1.165, 1.54) is 24.9 Å². The van der Waals surface area contributed by atoms with Crippen LogP contribution in [-0.2, 0) is 14.3 Å². The molecule has 1 heterocycles. The molecule has 31 heavy (non-hydrogen) atoms. The second-order valence-electron chi connectivity index (χ2n) is 6.64. The molecule has 1 unspecified atom stereocenters. The van der Waals surface area contributed by atoms with Crippen molar-refractivity contribution in [2.75, 3.05) is 17.7 Å². The normalized spacial score (nSPS) is 13.7. The summed E-state index contributed by atoms with van der Waals surface area (Å²) < 4.78 is 31.8. The van der Waals surface area contributed by atoms with E-state index >= 15 is 0 Å². The number of nitrogens with one attached hydrogen (secondary N) is 2. The molecule has 1 atom stereocenters. The van der Waals surface area contributed by atoms with Crippen molar-refractivity contribution >= 4 is 45.7 Å². The van der Waals surface area contributed by atoms with Crippen molar-refractivity contribution in [2.24, 2.45) is 4.99 Å². The Morgan fingerprint density at radius 1 is 1.23 bits per heavy atom. The minimum atomic E-state index is -0.849. The summed E-state index contributed by atoms with van der Waals surface area (Å²) >= 11 is 1.19. The van der Waals surface area contributed by atoms with E-state index < -0.39 is 28.8 Å². The molecule has 2 aromatic rings. The van der Waals surface area contributed by atoms with E-state index in [0.29, 0.717) is 28.9 Å². The number of carbonyl (C=O) groups excluding carboxylic acids is 2. The Kier molecular flexibility index (Phi) is 7.41. The van der Waals surface area contributed by atoms with Crippen molar-refractivity contribution in [1.29, 1.82) is 0 Å². The van der Waals surface area contributed by atoms with Crippen LogP contribution in [0.4, 0.5) is 25.8 Å². The first-order valence-electron chi connectivity index (χ1n) is 9.54. The maximum atomic E-state index is 13.9. The number of para-hydroxylation sites is 2. The van der Waals surface area contributed by atoms with E-state index in [0.717, 1.165) is 11.8 Å². The van der Waals surface area contributed by atoms with Gasteiger partial charge in [0.05, 0.1) is 40.9 Å². The first kappa shape index (κ1) is 22.5. The van der Waals surface area contributed by atoms with Gasteiger partial charge in [-0.05, 0) is 36.8 Å². The van der Waals surface area contributed by atoms with Crippen molar-refractivity contribution in [2.45, 2.75) is 25.0 Å². The van der Waals surface area contributed by atoms with Gasteiger partial charge in [-0.1, -0.05) is 30.8 Å². The fourth-order valence-corrected chi connectivity index (χ4v) is 3.83. The van der Waals surface area contributed by atoms with Gasteiger partial charge < -0.3 is 15.4 Å². The molecule has 1 aliphatic rings. The lowest BCUT2D eigenvalue weighted by atomic mass is 10.2. The number of amides is 1. The van der Waals surface area contributed by atoms with E-state index in [9.17, 15) is 18.4 Å². The Balaban J connectivity index is 1.83. The van der Waals surface area contributed by atoms with E-state index in [-0.39, 0.29) is 12.1 Å². The van der Waals surface area contributed by atoms with Gasteiger partial charge in [0.15, 0.2) is 0 Å². The Hall–Kier alpha value is -3.20. The Bertz CT molecular complexity index is 1060. The number of esters is 1. The third-order valence-electron chi connectivity index (χ3n) is 4.41. The molecular formula is C22H21F2N3O3S. The zero-order chi connectivity index (χ0) is 22.4. The van der Waals surface area contributed by atoms with Crippen molar-refractivity contribution in [3.05, 3.63) is 65.9 Å². The minimum absolute atomic E-state index is 0.00813. The first-order chi connectivity index (χ1) is 14.9. The Labute approximate surface area is 182 Å². The molecule has 0 bridgehead atoms. The summed E-state index contributed by atoms with van der Waals surface area (Å²) in [5, 5.41) is 5.59. The van der Waals surface area contributed by atoms with E-state index in [1.54, 1.807) is 6.08 Å². The second-order valence-corrected chi connectivity index (χ2v) is 7.87.